The second kappa shape index (κ2) is 7.78. The van der Waals surface area contributed by atoms with Crippen LogP contribution in [0.1, 0.15) is 26.2 Å². The molecule has 96 valence electrons. The molecule has 0 rings (SSSR count). The molecule has 7 heteroatoms. The molecule has 1 unspecified atom stereocenters. The van der Waals surface area contributed by atoms with Gasteiger partial charge in [-0.3, -0.25) is 4.79 Å². The summed E-state index contributed by atoms with van der Waals surface area (Å²) in [5.41, 5.74) is 1.27. The molecule has 0 heterocycles. The zero-order valence-corrected chi connectivity index (χ0v) is 9.96. The lowest BCUT2D eigenvalue weighted by Crippen LogP contribution is -2.26. The molecule has 0 radical (unpaired) electrons. The van der Waals surface area contributed by atoms with Gasteiger partial charge in [-0.25, -0.2) is 0 Å². The normalized spacial score (nSPS) is 13.6. The molecule has 0 spiro atoms. The van der Waals surface area contributed by atoms with Crippen LogP contribution in [0.2, 0.25) is 0 Å². The minimum absolute atomic E-state index is 0.0428. The van der Waals surface area contributed by atoms with E-state index in [1.807, 2.05) is 6.92 Å². The summed E-state index contributed by atoms with van der Waals surface area (Å²) in [6.07, 6.45) is 1.72. The standard InChI is InChI=1S/C9H17F3N2OS/c1-7(13)3-2-4-8(15)14-5-6-16-9(10,11)12/h7H,2-6,13H2,1H3,(H,14,15). The van der Waals surface area contributed by atoms with Crippen molar-refractivity contribution in [2.24, 2.45) is 5.73 Å². The number of rotatable bonds is 7. The van der Waals surface area contributed by atoms with Crippen LogP contribution < -0.4 is 11.1 Å². The Balaban J connectivity index is 3.38. The average molecular weight is 258 g/mol. The molecule has 0 aliphatic heterocycles. The molecule has 0 bridgehead atoms. The number of hydrogen-bond acceptors (Lipinski definition) is 3. The van der Waals surface area contributed by atoms with Crippen LogP contribution in [0.4, 0.5) is 13.2 Å². The fourth-order valence-corrected chi connectivity index (χ4v) is 1.47. The molecule has 1 atom stereocenters. The van der Waals surface area contributed by atoms with Gasteiger partial charge in [0.1, 0.15) is 0 Å². The number of nitrogens with two attached hydrogens (primary N) is 1. The number of alkyl halides is 3. The van der Waals surface area contributed by atoms with Crippen molar-refractivity contribution in [3.63, 3.8) is 0 Å². The highest BCUT2D eigenvalue weighted by Gasteiger charge is 2.27. The molecule has 0 aromatic heterocycles. The minimum atomic E-state index is -4.22. The van der Waals surface area contributed by atoms with E-state index in [1.54, 1.807) is 0 Å². The Morgan fingerprint density at radius 2 is 2.12 bits per heavy atom. The molecule has 0 aromatic carbocycles. The molecule has 0 saturated carbocycles. The first kappa shape index (κ1) is 15.6. The van der Waals surface area contributed by atoms with Gasteiger partial charge in [0.15, 0.2) is 0 Å². The summed E-state index contributed by atoms with van der Waals surface area (Å²) in [7, 11) is 0. The highest BCUT2D eigenvalue weighted by atomic mass is 32.2. The molecule has 0 aliphatic carbocycles. The van der Waals surface area contributed by atoms with Crippen LogP contribution in [0, 0.1) is 0 Å². The summed E-state index contributed by atoms with van der Waals surface area (Å²) in [4.78, 5) is 11.1. The Morgan fingerprint density at radius 1 is 1.50 bits per heavy atom. The van der Waals surface area contributed by atoms with Crippen LogP contribution in [0.3, 0.4) is 0 Å². The van der Waals surface area contributed by atoms with Crippen LogP contribution in [-0.4, -0.2) is 29.8 Å². The predicted octanol–water partition coefficient (Wildman–Crippen LogP) is 1.87. The van der Waals surface area contributed by atoms with Crippen molar-refractivity contribution in [1.29, 1.82) is 0 Å². The smallest absolute Gasteiger partial charge is 0.355 e. The maximum atomic E-state index is 11.7. The van der Waals surface area contributed by atoms with Crippen LogP contribution in [0.5, 0.6) is 0 Å². The van der Waals surface area contributed by atoms with E-state index in [9.17, 15) is 18.0 Å². The summed E-state index contributed by atoms with van der Waals surface area (Å²) in [5, 5.41) is 2.43. The largest absolute Gasteiger partial charge is 0.441 e. The van der Waals surface area contributed by atoms with Crippen LogP contribution in [0.15, 0.2) is 0 Å². The number of carbonyl (C=O) groups is 1. The topological polar surface area (TPSA) is 55.1 Å². The molecule has 0 saturated heterocycles. The van der Waals surface area contributed by atoms with Crippen molar-refractivity contribution >= 4 is 17.7 Å². The lowest BCUT2D eigenvalue weighted by Gasteiger charge is -2.07. The van der Waals surface area contributed by atoms with Gasteiger partial charge in [-0.1, -0.05) is 0 Å². The van der Waals surface area contributed by atoms with E-state index in [0.29, 0.717) is 12.8 Å². The van der Waals surface area contributed by atoms with Crippen molar-refractivity contribution in [3.8, 4) is 0 Å². The zero-order chi connectivity index (χ0) is 12.6. The molecule has 1 amide bonds. The first-order valence-electron chi connectivity index (χ1n) is 5.04. The minimum Gasteiger partial charge on any atom is -0.355 e. The summed E-state index contributed by atoms with van der Waals surface area (Å²) in [6, 6.07) is 0.0496. The van der Waals surface area contributed by atoms with E-state index in [4.69, 9.17) is 5.73 Å². The summed E-state index contributed by atoms with van der Waals surface area (Å²) >= 11 is -0.130. The Morgan fingerprint density at radius 3 is 2.62 bits per heavy atom. The number of carbonyl (C=O) groups excluding carboxylic acids is 1. The fourth-order valence-electron chi connectivity index (χ4n) is 1.03. The number of amides is 1. The second-order valence-electron chi connectivity index (χ2n) is 3.51. The van der Waals surface area contributed by atoms with Crippen molar-refractivity contribution in [2.45, 2.75) is 37.7 Å². The van der Waals surface area contributed by atoms with E-state index < -0.39 is 5.51 Å². The SMILES string of the molecule is CC(N)CCCC(=O)NCCSC(F)(F)F. The van der Waals surface area contributed by atoms with E-state index in [-0.39, 0.29) is 36.0 Å². The van der Waals surface area contributed by atoms with Crippen molar-refractivity contribution < 1.29 is 18.0 Å². The van der Waals surface area contributed by atoms with Gasteiger partial charge in [0.25, 0.3) is 0 Å². The van der Waals surface area contributed by atoms with Gasteiger partial charge in [0.2, 0.25) is 5.91 Å². The lowest BCUT2D eigenvalue weighted by atomic mass is 10.1. The Bertz CT molecular complexity index is 209. The second-order valence-corrected chi connectivity index (χ2v) is 4.67. The first-order chi connectivity index (χ1) is 7.31. The van der Waals surface area contributed by atoms with Crippen molar-refractivity contribution in [2.75, 3.05) is 12.3 Å². The van der Waals surface area contributed by atoms with Crippen LogP contribution in [-0.2, 0) is 4.79 Å². The lowest BCUT2D eigenvalue weighted by molar-refractivity contribution is -0.121. The highest BCUT2D eigenvalue weighted by Crippen LogP contribution is 2.29. The summed E-state index contributed by atoms with van der Waals surface area (Å²) in [6.45, 7) is 1.89. The number of halogens is 3. The van der Waals surface area contributed by atoms with Gasteiger partial charge in [-0.15, -0.1) is 0 Å². The van der Waals surface area contributed by atoms with Crippen molar-refractivity contribution in [3.05, 3.63) is 0 Å². The number of thioether (sulfide) groups is 1. The maximum Gasteiger partial charge on any atom is 0.441 e. The van der Waals surface area contributed by atoms with E-state index in [1.165, 1.54) is 0 Å². The van der Waals surface area contributed by atoms with Gasteiger partial charge in [-0.05, 0) is 31.5 Å². The van der Waals surface area contributed by atoms with E-state index in [0.717, 1.165) is 6.42 Å². The van der Waals surface area contributed by atoms with E-state index in [2.05, 4.69) is 5.32 Å². The quantitative estimate of drug-likeness (QED) is 0.685. The van der Waals surface area contributed by atoms with Gasteiger partial charge in [0, 0.05) is 24.8 Å². The summed E-state index contributed by atoms with van der Waals surface area (Å²) in [5.74, 6) is -0.369. The predicted molar refractivity (Wildman–Crippen MR) is 59.0 cm³/mol. The molecular formula is C9H17F3N2OS. The van der Waals surface area contributed by atoms with Gasteiger partial charge in [0.05, 0.1) is 0 Å². The zero-order valence-electron chi connectivity index (χ0n) is 9.14. The molecule has 0 aromatic rings. The molecule has 0 aliphatic rings. The molecular weight excluding hydrogens is 241 g/mol. The highest BCUT2D eigenvalue weighted by molar-refractivity contribution is 8.00. The molecule has 3 N–H and O–H groups in total. The number of hydrogen-bond donors (Lipinski definition) is 2. The third kappa shape index (κ3) is 11.6. The maximum absolute atomic E-state index is 11.7. The third-order valence-electron chi connectivity index (χ3n) is 1.75. The van der Waals surface area contributed by atoms with Gasteiger partial charge in [-0.2, -0.15) is 13.2 Å². The Kier molecular flexibility index (Phi) is 7.57. The summed E-state index contributed by atoms with van der Waals surface area (Å²) < 4.78 is 35.1. The Labute approximate surface area is 97.3 Å². The first-order valence-corrected chi connectivity index (χ1v) is 6.03. The van der Waals surface area contributed by atoms with Crippen LogP contribution in [0.25, 0.3) is 0 Å². The monoisotopic (exact) mass is 258 g/mol. The molecule has 16 heavy (non-hydrogen) atoms. The molecule has 0 fully saturated rings. The van der Waals surface area contributed by atoms with Gasteiger partial charge >= 0.3 is 5.51 Å². The van der Waals surface area contributed by atoms with Crippen LogP contribution >= 0.6 is 11.8 Å². The third-order valence-corrected chi connectivity index (χ3v) is 2.49. The average Bonchev–Trinajstić information content (AvgIpc) is 2.10. The van der Waals surface area contributed by atoms with Gasteiger partial charge < -0.3 is 11.1 Å². The fraction of sp³-hybridized carbons (Fsp3) is 0.889. The Hall–Kier alpha value is -0.430. The van der Waals surface area contributed by atoms with E-state index >= 15 is 0 Å². The number of nitrogens with one attached hydrogen (secondary N) is 1. The molecule has 3 nitrogen and oxygen atoms in total. The van der Waals surface area contributed by atoms with Crippen molar-refractivity contribution in [1.82, 2.24) is 5.32 Å².